The summed E-state index contributed by atoms with van der Waals surface area (Å²) in [6.07, 6.45) is 0.754. The maximum absolute atomic E-state index is 11.9. The molecule has 128 valence electrons. The van der Waals surface area contributed by atoms with Gasteiger partial charge >= 0.3 is 0 Å². The summed E-state index contributed by atoms with van der Waals surface area (Å²) < 4.78 is 0. The first-order valence-electron chi connectivity index (χ1n) is 8.16. The molecular weight excluding hydrogens is 396 g/mol. The van der Waals surface area contributed by atoms with E-state index in [2.05, 4.69) is 40.3 Å². The van der Waals surface area contributed by atoms with Crippen LogP contribution in [-0.2, 0) is 4.79 Å². The predicted molar refractivity (Wildman–Crippen MR) is 109 cm³/mol. The quantitative estimate of drug-likeness (QED) is 0.528. The number of carbonyl (C=O) groups is 1. The first-order chi connectivity index (χ1) is 12.1. The number of nitrogens with one attached hydrogen (secondary N) is 1. The summed E-state index contributed by atoms with van der Waals surface area (Å²) in [4.78, 5) is 17.8. The second-order valence-corrected chi connectivity index (χ2v) is 8.04. The van der Waals surface area contributed by atoms with Crippen molar-refractivity contribution in [1.29, 1.82) is 0 Å². The molecule has 1 aromatic heterocycles. The highest BCUT2D eigenvalue weighted by Crippen LogP contribution is 2.33. The average molecular weight is 415 g/mol. The van der Waals surface area contributed by atoms with E-state index in [0.29, 0.717) is 0 Å². The van der Waals surface area contributed by atoms with E-state index in [1.54, 1.807) is 11.3 Å². The van der Waals surface area contributed by atoms with E-state index in [9.17, 15) is 4.79 Å². The van der Waals surface area contributed by atoms with E-state index in [-0.39, 0.29) is 10.7 Å². The predicted octanol–water partition coefficient (Wildman–Crippen LogP) is 5.90. The van der Waals surface area contributed by atoms with Crippen molar-refractivity contribution in [2.24, 2.45) is 0 Å². The molecule has 0 fully saturated rings. The number of hydrogen-bond donors (Lipinski definition) is 1. The summed E-state index contributed by atoms with van der Waals surface area (Å²) in [6, 6.07) is 18.0. The van der Waals surface area contributed by atoms with Crippen LogP contribution in [0, 0.1) is 6.92 Å². The lowest BCUT2D eigenvalue weighted by Gasteiger charge is -2.09. The lowest BCUT2D eigenvalue weighted by molar-refractivity contribution is -0.115. The molecule has 1 N–H and O–H groups in total. The van der Waals surface area contributed by atoms with Crippen LogP contribution in [0.4, 0.5) is 5.69 Å². The normalized spacial score (nSPS) is 12.0. The van der Waals surface area contributed by atoms with Crippen molar-refractivity contribution in [3.05, 3.63) is 59.5 Å². The molecule has 1 atom stereocenters. The Labute approximate surface area is 160 Å². The van der Waals surface area contributed by atoms with E-state index >= 15 is 0 Å². The Kier molecular flexibility index (Phi) is 5.66. The molecule has 0 spiro atoms. The van der Waals surface area contributed by atoms with Crippen LogP contribution in [0.5, 0.6) is 0 Å². The second-order valence-electron chi connectivity index (χ2n) is 5.73. The summed E-state index contributed by atoms with van der Waals surface area (Å²) in [7, 11) is 0. The van der Waals surface area contributed by atoms with E-state index in [4.69, 9.17) is 4.98 Å². The molecule has 3 rings (SSSR count). The molecule has 1 amide bonds. The third-order valence-corrected chi connectivity index (χ3v) is 5.97. The zero-order valence-corrected chi connectivity index (χ0v) is 16.5. The third kappa shape index (κ3) is 4.17. The van der Waals surface area contributed by atoms with Crippen molar-refractivity contribution in [2.45, 2.75) is 25.1 Å². The highest BCUT2D eigenvalue weighted by atomic mass is 79.9. The molecule has 3 aromatic rings. The lowest BCUT2D eigenvalue weighted by atomic mass is 10.1. The fourth-order valence-electron chi connectivity index (χ4n) is 2.49. The Hall–Kier alpha value is -1.98. The number of amides is 1. The molecule has 0 saturated heterocycles. The van der Waals surface area contributed by atoms with Crippen molar-refractivity contribution in [1.82, 2.24) is 4.98 Å². The number of benzene rings is 2. The second kappa shape index (κ2) is 7.93. The van der Waals surface area contributed by atoms with E-state index < -0.39 is 0 Å². The molecule has 3 nitrogen and oxygen atoms in total. The van der Waals surface area contributed by atoms with Crippen LogP contribution in [0.2, 0.25) is 0 Å². The van der Waals surface area contributed by atoms with Crippen LogP contribution >= 0.6 is 27.3 Å². The molecule has 0 aliphatic rings. The Morgan fingerprint density at radius 3 is 2.44 bits per heavy atom. The standard InChI is InChI=1S/C20H19BrN2OS/c1-3-17(21)19(24)22-16-11-9-14(10-12-16)18-13(2)25-20(23-18)15-7-5-4-6-8-15/h4-12,17H,3H2,1-2H3,(H,22,24). The molecule has 1 heterocycles. The molecule has 5 heteroatoms. The summed E-state index contributed by atoms with van der Waals surface area (Å²) in [5.41, 5.74) is 3.98. The van der Waals surface area contributed by atoms with Crippen LogP contribution in [-0.4, -0.2) is 15.7 Å². The minimum Gasteiger partial charge on any atom is -0.325 e. The monoisotopic (exact) mass is 414 g/mol. The van der Waals surface area contributed by atoms with Gasteiger partial charge in [-0.25, -0.2) is 4.98 Å². The number of thiazole rings is 1. The van der Waals surface area contributed by atoms with Gasteiger partial charge in [0.15, 0.2) is 0 Å². The molecule has 1 unspecified atom stereocenters. The molecule has 25 heavy (non-hydrogen) atoms. The SMILES string of the molecule is CCC(Br)C(=O)Nc1ccc(-c2nc(-c3ccccc3)sc2C)cc1. The van der Waals surface area contributed by atoms with Gasteiger partial charge in [0.05, 0.1) is 10.5 Å². The van der Waals surface area contributed by atoms with Gasteiger partial charge in [-0.15, -0.1) is 11.3 Å². The van der Waals surface area contributed by atoms with Crippen LogP contribution in [0.15, 0.2) is 54.6 Å². The average Bonchev–Trinajstić information content (AvgIpc) is 3.04. The molecule has 0 saturated carbocycles. The number of rotatable bonds is 5. The Balaban J connectivity index is 1.81. The molecular formula is C20H19BrN2OS. The third-order valence-electron chi connectivity index (χ3n) is 3.89. The zero-order chi connectivity index (χ0) is 17.8. The number of halogens is 1. The first-order valence-corrected chi connectivity index (χ1v) is 9.90. The van der Waals surface area contributed by atoms with E-state index in [0.717, 1.165) is 33.9 Å². The van der Waals surface area contributed by atoms with E-state index in [1.165, 1.54) is 4.88 Å². The van der Waals surface area contributed by atoms with Gasteiger partial charge in [-0.05, 0) is 25.5 Å². The summed E-state index contributed by atoms with van der Waals surface area (Å²) >= 11 is 5.06. The number of hydrogen-bond acceptors (Lipinski definition) is 3. The molecule has 0 radical (unpaired) electrons. The van der Waals surface area contributed by atoms with Crippen molar-refractivity contribution in [3.63, 3.8) is 0 Å². The summed E-state index contributed by atoms with van der Waals surface area (Å²) in [6.45, 7) is 4.06. The van der Waals surface area contributed by atoms with Crippen molar-refractivity contribution in [3.8, 4) is 21.8 Å². The maximum Gasteiger partial charge on any atom is 0.238 e. The summed E-state index contributed by atoms with van der Waals surface area (Å²) in [5.74, 6) is -0.0218. The van der Waals surface area contributed by atoms with Crippen molar-refractivity contribution in [2.75, 3.05) is 5.32 Å². The molecule has 0 aliphatic heterocycles. The largest absolute Gasteiger partial charge is 0.325 e. The first kappa shape index (κ1) is 17.8. The Morgan fingerprint density at radius 1 is 1.12 bits per heavy atom. The van der Waals surface area contributed by atoms with Crippen LogP contribution < -0.4 is 5.32 Å². The van der Waals surface area contributed by atoms with Gasteiger partial charge in [0.2, 0.25) is 5.91 Å². The number of aryl methyl sites for hydroxylation is 1. The number of anilines is 1. The molecule has 0 aliphatic carbocycles. The Morgan fingerprint density at radius 2 is 1.80 bits per heavy atom. The summed E-state index contributed by atoms with van der Waals surface area (Å²) in [5, 5.41) is 3.94. The molecule has 2 aromatic carbocycles. The van der Waals surface area contributed by atoms with Crippen molar-refractivity contribution >= 4 is 38.9 Å². The zero-order valence-electron chi connectivity index (χ0n) is 14.1. The fraction of sp³-hybridized carbons (Fsp3) is 0.200. The fourth-order valence-corrected chi connectivity index (χ4v) is 3.54. The topological polar surface area (TPSA) is 42.0 Å². The highest BCUT2D eigenvalue weighted by molar-refractivity contribution is 9.10. The lowest BCUT2D eigenvalue weighted by Crippen LogP contribution is -2.21. The number of nitrogens with zero attached hydrogens (tertiary/aromatic N) is 1. The van der Waals surface area contributed by atoms with Gasteiger partial charge in [-0.3, -0.25) is 4.79 Å². The smallest absolute Gasteiger partial charge is 0.238 e. The number of aromatic nitrogens is 1. The van der Waals surface area contributed by atoms with Crippen LogP contribution in [0.1, 0.15) is 18.2 Å². The highest BCUT2D eigenvalue weighted by Gasteiger charge is 2.14. The van der Waals surface area contributed by atoms with Gasteiger partial charge in [0.1, 0.15) is 5.01 Å². The van der Waals surface area contributed by atoms with Gasteiger partial charge in [0.25, 0.3) is 0 Å². The van der Waals surface area contributed by atoms with Gasteiger partial charge in [-0.1, -0.05) is 65.3 Å². The van der Waals surface area contributed by atoms with Crippen LogP contribution in [0.3, 0.4) is 0 Å². The number of carbonyl (C=O) groups excluding carboxylic acids is 1. The van der Waals surface area contributed by atoms with Crippen LogP contribution in [0.25, 0.3) is 21.8 Å². The van der Waals surface area contributed by atoms with Gasteiger partial charge in [-0.2, -0.15) is 0 Å². The number of alkyl halides is 1. The van der Waals surface area contributed by atoms with Gasteiger partial charge in [0, 0.05) is 21.7 Å². The minimum absolute atomic E-state index is 0.0218. The maximum atomic E-state index is 11.9. The minimum atomic E-state index is -0.165. The Bertz CT molecular complexity index is 859. The van der Waals surface area contributed by atoms with Crippen molar-refractivity contribution < 1.29 is 4.79 Å². The van der Waals surface area contributed by atoms with E-state index in [1.807, 2.05) is 49.4 Å². The molecule has 0 bridgehead atoms. The van der Waals surface area contributed by atoms with Gasteiger partial charge < -0.3 is 5.32 Å².